The molecule has 31 heavy (non-hydrogen) atoms. The monoisotopic (exact) mass is 470 g/mol. The molecule has 1 amide bonds. The van der Waals surface area contributed by atoms with Crippen molar-refractivity contribution in [3.05, 3.63) is 83.4 Å². The number of carbonyl (C=O) groups excluding carboxylic acids is 1. The summed E-state index contributed by atoms with van der Waals surface area (Å²) in [4.78, 5) is 12.2. The zero-order valence-electron chi connectivity index (χ0n) is 15.5. The summed E-state index contributed by atoms with van der Waals surface area (Å²) in [5, 5.41) is 2.71. The molecule has 6 nitrogen and oxygen atoms in total. The summed E-state index contributed by atoms with van der Waals surface area (Å²) < 4.78 is 68.0. The first-order valence-corrected chi connectivity index (χ1v) is 10.4. The average molecular weight is 471 g/mol. The van der Waals surface area contributed by atoms with E-state index in [1.54, 1.807) is 12.1 Å². The molecule has 11 heteroatoms. The first-order valence-electron chi connectivity index (χ1n) is 8.58. The van der Waals surface area contributed by atoms with E-state index in [2.05, 4.69) is 14.8 Å². The molecule has 3 aromatic carbocycles. The van der Waals surface area contributed by atoms with Crippen molar-refractivity contribution in [2.24, 2.45) is 0 Å². The fraction of sp³-hybridized carbons (Fsp3) is 0.0500. The Labute approximate surface area is 180 Å². The van der Waals surface area contributed by atoms with Crippen LogP contribution in [0.2, 0.25) is 5.02 Å². The lowest BCUT2D eigenvalue weighted by molar-refractivity contribution is -0.274. The van der Waals surface area contributed by atoms with Gasteiger partial charge in [0.2, 0.25) is 0 Å². The molecule has 3 aromatic rings. The van der Waals surface area contributed by atoms with Crippen LogP contribution >= 0.6 is 11.6 Å². The molecule has 0 fully saturated rings. The number of ether oxygens (including phenoxy) is 1. The zero-order chi connectivity index (χ0) is 22.6. The standard InChI is InChI=1S/C20H14ClF3N2O4S/c21-17-6-1-2-7-18(17)26-31(28,29)16-5-3-4-14(12-16)25-19(27)13-8-10-15(11-9-13)30-20(22,23)24/h1-12,26H,(H,25,27). The predicted octanol–water partition coefficient (Wildman–Crippen LogP) is 5.29. The maximum atomic E-state index is 12.6. The highest BCUT2D eigenvalue weighted by atomic mass is 35.5. The van der Waals surface area contributed by atoms with Crippen LogP contribution in [0.3, 0.4) is 0 Å². The van der Waals surface area contributed by atoms with Crippen molar-refractivity contribution in [1.29, 1.82) is 0 Å². The first kappa shape index (κ1) is 22.4. The SMILES string of the molecule is O=C(Nc1cccc(S(=O)(=O)Nc2ccccc2Cl)c1)c1ccc(OC(F)(F)F)cc1. The number of rotatable bonds is 6. The van der Waals surface area contributed by atoms with Crippen LogP contribution in [-0.4, -0.2) is 20.7 Å². The zero-order valence-corrected chi connectivity index (χ0v) is 17.1. The summed E-state index contributed by atoms with van der Waals surface area (Å²) in [6.45, 7) is 0. The largest absolute Gasteiger partial charge is 0.573 e. The molecule has 0 saturated heterocycles. The first-order chi connectivity index (χ1) is 14.5. The predicted molar refractivity (Wildman–Crippen MR) is 110 cm³/mol. The molecule has 0 spiro atoms. The van der Waals surface area contributed by atoms with Crippen molar-refractivity contribution in [2.45, 2.75) is 11.3 Å². The van der Waals surface area contributed by atoms with E-state index in [0.717, 1.165) is 24.3 Å². The molecule has 0 aliphatic rings. The minimum Gasteiger partial charge on any atom is -0.406 e. The highest BCUT2D eigenvalue weighted by molar-refractivity contribution is 7.92. The van der Waals surface area contributed by atoms with Crippen molar-refractivity contribution in [2.75, 3.05) is 10.0 Å². The van der Waals surface area contributed by atoms with Gasteiger partial charge in [0.05, 0.1) is 15.6 Å². The van der Waals surface area contributed by atoms with Crippen LogP contribution in [-0.2, 0) is 10.0 Å². The molecule has 0 heterocycles. The fourth-order valence-corrected chi connectivity index (χ4v) is 3.86. The van der Waals surface area contributed by atoms with Crippen molar-refractivity contribution in [1.82, 2.24) is 0 Å². The Bertz CT molecular complexity index is 1200. The van der Waals surface area contributed by atoms with Gasteiger partial charge in [-0.25, -0.2) is 8.42 Å². The van der Waals surface area contributed by atoms with Gasteiger partial charge in [-0.15, -0.1) is 13.2 Å². The minimum atomic E-state index is -4.84. The molecule has 0 saturated carbocycles. The number of alkyl halides is 3. The van der Waals surface area contributed by atoms with Gasteiger partial charge in [-0.1, -0.05) is 29.8 Å². The van der Waals surface area contributed by atoms with Crippen molar-refractivity contribution >= 4 is 38.9 Å². The maximum absolute atomic E-state index is 12.6. The second kappa shape index (κ2) is 8.86. The number of hydrogen-bond donors (Lipinski definition) is 2. The van der Waals surface area contributed by atoms with E-state index >= 15 is 0 Å². The highest BCUT2D eigenvalue weighted by Gasteiger charge is 2.31. The molecule has 0 radical (unpaired) electrons. The summed E-state index contributed by atoms with van der Waals surface area (Å²) >= 11 is 5.98. The number of nitrogens with one attached hydrogen (secondary N) is 2. The van der Waals surface area contributed by atoms with Gasteiger partial charge in [0.15, 0.2) is 0 Å². The lowest BCUT2D eigenvalue weighted by Crippen LogP contribution is -2.17. The number of halogens is 4. The maximum Gasteiger partial charge on any atom is 0.573 e. The molecular weight excluding hydrogens is 457 g/mol. The third-order valence-corrected chi connectivity index (χ3v) is 5.56. The molecule has 0 aromatic heterocycles. The minimum absolute atomic E-state index is 0.0528. The van der Waals surface area contributed by atoms with E-state index in [1.165, 1.54) is 36.4 Å². The van der Waals surface area contributed by atoms with Gasteiger partial charge in [0.1, 0.15) is 5.75 Å². The summed E-state index contributed by atoms with van der Waals surface area (Å²) in [5.41, 5.74) is 0.416. The summed E-state index contributed by atoms with van der Waals surface area (Å²) in [6, 6.07) is 16.0. The Morgan fingerprint density at radius 3 is 2.26 bits per heavy atom. The number of carbonyl (C=O) groups is 1. The van der Waals surface area contributed by atoms with Gasteiger partial charge in [-0.3, -0.25) is 9.52 Å². The second-order valence-corrected chi connectivity index (χ2v) is 8.23. The van der Waals surface area contributed by atoms with E-state index in [-0.39, 0.29) is 26.9 Å². The Morgan fingerprint density at radius 2 is 1.61 bits per heavy atom. The highest BCUT2D eigenvalue weighted by Crippen LogP contribution is 2.26. The Kier molecular flexibility index (Phi) is 6.42. The van der Waals surface area contributed by atoms with Crippen LogP contribution in [0.1, 0.15) is 10.4 Å². The third-order valence-electron chi connectivity index (χ3n) is 3.87. The van der Waals surface area contributed by atoms with E-state index in [0.29, 0.717) is 0 Å². The molecule has 0 bridgehead atoms. The van der Waals surface area contributed by atoms with Gasteiger partial charge in [-0.2, -0.15) is 0 Å². The number of sulfonamides is 1. The number of anilines is 2. The quantitative estimate of drug-likeness (QED) is 0.512. The van der Waals surface area contributed by atoms with Crippen LogP contribution in [0.15, 0.2) is 77.7 Å². The normalized spacial score (nSPS) is 11.6. The number of para-hydroxylation sites is 1. The molecule has 0 unspecified atom stereocenters. The Morgan fingerprint density at radius 1 is 0.935 bits per heavy atom. The average Bonchev–Trinajstić information content (AvgIpc) is 2.69. The summed E-state index contributed by atoms with van der Waals surface area (Å²) in [6.07, 6.45) is -4.84. The molecule has 2 N–H and O–H groups in total. The van der Waals surface area contributed by atoms with Crippen LogP contribution < -0.4 is 14.8 Å². The van der Waals surface area contributed by atoms with E-state index < -0.39 is 28.0 Å². The topological polar surface area (TPSA) is 84.5 Å². The van der Waals surface area contributed by atoms with Gasteiger partial charge in [-0.05, 0) is 54.6 Å². The van der Waals surface area contributed by atoms with Gasteiger partial charge in [0, 0.05) is 11.3 Å². The van der Waals surface area contributed by atoms with Crippen LogP contribution in [0.5, 0.6) is 5.75 Å². The number of amides is 1. The number of benzene rings is 3. The molecule has 3 rings (SSSR count). The fourth-order valence-electron chi connectivity index (χ4n) is 2.50. The smallest absolute Gasteiger partial charge is 0.406 e. The van der Waals surface area contributed by atoms with Crippen molar-refractivity contribution in [3.8, 4) is 5.75 Å². The van der Waals surface area contributed by atoms with Crippen LogP contribution in [0, 0.1) is 0 Å². The third kappa shape index (κ3) is 6.12. The Hall–Kier alpha value is -3.24. The van der Waals surface area contributed by atoms with Gasteiger partial charge >= 0.3 is 6.36 Å². The molecule has 0 aliphatic heterocycles. The summed E-state index contributed by atoms with van der Waals surface area (Å²) in [7, 11) is -3.99. The summed E-state index contributed by atoms with van der Waals surface area (Å²) in [5.74, 6) is -1.12. The molecular formula is C20H14ClF3N2O4S. The van der Waals surface area contributed by atoms with Crippen LogP contribution in [0.25, 0.3) is 0 Å². The molecule has 0 aliphatic carbocycles. The van der Waals surface area contributed by atoms with Crippen LogP contribution in [0.4, 0.5) is 24.5 Å². The van der Waals surface area contributed by atoms with Gasteiger partial charge < -0.3 is 10.1 Å². The van der Waals surface area contributed by atoms with Crippen molar-refractivity contribution < 1.29 is 31.1 Å². The lowest BCUT2D eigenvalue weighted by Gasteiger charge is -2.12. The van der Waals surface area contributed by atoms with Crippen molar-refractivity contribution in [3.63, 3.8) is 0 Å². The van der Waals surface area contributed by atoms with E-state index in [4.69, 9.17) is 11.6 Å². The lowest BCUT2D eigenvalue weighted by atomic mass is 10.2. The Balaban J connectivity index is 1.74. The number of hydrogen-bond acceptors (Lipinski definition) is 4. The van der Waals surface area contributed by atoms with Gasteiger partial charge in [0.25, 0.3) is 15.9 Å². The van der Waals surface area contributed by atoms with E-state index in [1.807, 2.05) is 0 Å². The molecule has 0 atom stereocenters. The molecule has 162 valence electrons. The second-order valence-electron chi connectivity index (χ2n) is 6.14. The van der Waals surface area contributed by atoms with E-state index in [9.17, 15) is 26.4 Å².